The van der Waals surface area contributed by atoms with Gasteiger partial charge in [0.2, 0.25) is 0 Å². The first-order valence-electron chi connectivity index (χ1n) is 6.46. The summed E-state index contributed by atoms with van der Waals surface area (Å²) in [5.41, 5.74) is -0.223. The fourth-order valence-electron chi connectivity index (χ4n) is 2.67. The highest BCUT2D eigenvalue weighted by Gasteiger charge is 2.34. The molecule has 1 N–H and O–H groups in total. The molecular formula is C13H23N3O. The number of aryl methyl sites for hydroxylation is 1. The highest BCUT2D eigenvalue weighted by molar-refractivity contribution is 4.96. The summed E-state index contributed by atoms with van der Waals surface area (Å²) in [5.74, 6) is 0.882. The van der Waals surface area contributed by atoms with E-state index in [2.05, 4.69) is 23.9 Å². The average molecular weight is 237 g/mol. The van der Waals surface area contributed by atoms with Crippen molar-refractivity contribution in [3.63, 3.8) is 0 Å². The first-order chi connectivity index (χ1) is 7.90. The molecular weight excluding hydrogens is 214 g/mol. The molecule has 0 aromatic carbocycles. The lowest BCUT2D eigenvalue weighted by molar-refractivity contribution is 0.0200. The standard InChI is InChI=1S/C13H23N3O/c1-12(2)5-4-6-13(17,8-7-12)9-11-14-10-15-16(11)3/h10,17H,4-9H2,1-3H3. The van der Waals surface area contributed by atoms with Crippen LogP contribution in [0.1, 0.15) is 51.8 Å². The molecule has 0 spiro atoms. The third-order valence-corrected chi connectivity index (χ3v) is 4.06. The third kappa shape index (κ3) is 3.06. The molecule has 96 valence electrons. The van der Waals surface area contributed by atoms with Gasteiger partial charge in [-0.3, -0.25) is 4.68 Å². The molecule has 1 aliphatic carbocycles. The van der Waals surface area contributed by atoms with Crippen molar-refractivity contribution in [1.82, 2.24) is 14.8 Å². The first-order valence-corrected chi connectivity index (χ1v) is 6.46. The quantitative estimate of drug-likeness (QED) is 0.801. The van der Waals surface area contributed by atoms with Gasteiger partial charge in [-0.1, -0.05) is 20.3 Å². The molecule has 1 atom stereocenters. The topological polar surface area (TPSA) is 50.9 Å². The molecule has 2 rings (SSSR count). The Balaban J connectivity index is 2.06. The van der Waals surface area contributed by atoms with Crippen LogP contribution < -0.4 is 0 Å². The molecule has 4 nitrogen and oxygen atoms in total. The van der Waals surface area contributed by atoms with Gasteiger partial charge in [-0.25, -0.2) is 4.98 Å². The van der Waals surface area contributed by atoms with Gasteiger partial charge in [0.1, 0.15) is 12.2 Å². The molecule has 1 aliphatic rings. The van der Waals surface area contributed by atoms with Crippen molar-refractivity contribution in [3.05, 3.63) is 12.2 Å². The van der Waals surface area contributed by atoms with Gasteiger partial charge in [0.15, 0.2) is 0 Å². The van der Waals surface area contributed by atoms with Crippen molar-refractivity contribution in [3.8, 4) is 0 Å². The van der Waals surface area contributed by atoms with Gasteiger partial charge in [-0.15, -0.1) is 0 Å². The molecule has 0 radical (unpaired) electrons. The van der Waals surface area contributed by atoms with Gasteiger partial charge in [0, 0.05) is 13.5 Å². The number of aliphatic hydroxyl groups is 1. The summed E-state index contributed by atoms with van der Waals surface area (Å²) in [6, 6.07) is 0. The Labute approximate surface area is 103 Å². The maximum Gasteiger partial charge on any atom is 0.138 e. The second-order valence-electron chi connectivity index (χ2n) is 6.22. The predicted molar refractivity (Wildman–Crippen MR) is 66.5 cm³/mol. The summed E-state index contributed by atoms with van der Waals surface area (Å²) in [4.78, 5) is 4.21. The Kier molecular flexibility index (Phi) is 3.25. The summed E-state index contributed by atoms with van der Waals surface area (Å²) in [6.45, 7) is 4.59. The minimum absolute atomic E-state index is 0.365. The molecule has 1 saturated carbocycles. The van der Waals surface area contributed by atoms with Crippen LogP contribution >= 0.6 is 0 Å². The first kappa shape index (κ1) is 12.6. The van der Waals surface area contributed by atoms with Crippen molar-refractivity contribution in [2.45, 2.75) is 58.0 Å². The lowest BCUT2D eigenvalue weighted by Crippen LogP contribution is -2.32. The van der Waals surface area contributed by atoms with Crippen molar-refractivity contribution in [2.24, 2.45) is 12.5 Å². The van der Waals surface area contributed by atoms with Crippen molar-refractivity contribution in [2.75, 3.05) is 0 Å². The van der Waals surface area contributed by atoms with Crippen molar-refractivity contribution >= 4 is 0 Å². The van der Waals surface area contributed by atoms with Crippen LogP contribution in [0.4, 0.5) is 0 Å². The molecule has 0 amide bonds. The highest BCUT2D eigenvalue weighted by atomic mass is 16.3. The van der Waals surface area contributed by atoms with Gasteiger partial charge in [-0.05, 0) is 31.1 Å². The lowest BCUT2D eigenvalue weighted by atomic mass is 9.83. The number of rotatable bonds is 2. The average Bonchev–Trinajstić information content (AvgIpc) is 2.55. The largest absolute Gasteiger partial charge is 0.389 e. The van der Waals surface area contributed by atoms with Crippen LogP contribution in [0, 0.1) is 5.41 Å². The van der Waals surface area contributed by atoms with E-state index in [0.717, 1.165) is 31.5 Å². The van der Waals surface area contributed by atoms with Crippen molar-refractivity contribution in [1.29, 1.82) is 0 Å². The molecule has 17 heavy (non-hydrogen) atoms. The number of hydrogen-bond acceptors (Lipinski definition) is 3. The van der Waals surface area contributed by atoms with Crippen LogP contribution in [0.25, 0.3) is 0 Å². The molecule has 0 bridgehead atoms. The normalized spacial score (nSPS) is 28.9. The van der Waals surface area contributed by atoms with E-state index in [9.17, 15) is 5.11 Å². The molecule has 1 heterocycles. The van der Waals surface area contributed by atoms with Gasteiger partial charge in [-0.2, -0.15) is 5.10 Å². The molecule has 1 aromatic rings. The fraction of sp³-hybridized carbons (Fsp3) is 0.846. The molecule has 1 unspecified atom stereocenters. The Morgan fingerprint density at radius 2 is 2.06 bits per heavy atom. The van der Waals surface area contributed by atoms with Gasteiger partial charge in [0.05, 0.1) is 5.60 Å². The maximum atomic E-state index is 10.7. The lowest BCUT2D eigenvalue weighted by Gasteiger charge is -2.27. The summed E-state index contributed by atoms with van der Waals surface area (Å²) in [5, 5.41) is 14.8. The van der Waals surface area contributed by atoms with Crippen LogP contribution in [-0.4, -0.2) is 25.5 Å². The van der Waals surface area contributed by atoms with E-state index in [4.69, 9.17) is 0 Å². The highest BCUT2D eigenvalue weighted by Crippen LogP contribution is 2.39. The summed E-state index contributed by atoms with van der Waals surface area (Å²) in [6.07, 6.45) is 7.31. The van der Waals surface area contributed by atoms with Crippen molar-refractivity contribution < 1.29 is 5.11 Å². The molecule has 1 fully saturated rings. The minimum atomic E-state index is -0.589. The monoisotopic (exact) mass is 237 g/mol. The summed E-state index contributed by atoms with van der Waals surface area (Å²) < 4.78 is 1.76. The van der Waals surface area contributed by atoms with E-state index >= 15 is 0 Å². The van der Waals surface area contributed by atoms with Gasteiger partial charge < -0.3 is 5.11 Å². The third-order valence-electron chi connectivity index (χ3n) is 4.06. The van der Waals surface area contributed by atoms with Gasteiger partial charge >= 0.3 is 0 Å². The van der Waals surface area contributed by atoms with Crippen LogP contribution in [0.15, 0.2) is 6.33 Å². The second-order valence-corrected chi connectivity index (χ2v) is 6.22. The number of hydrogen-bond donors (Lipinski definition) is 1. The van der Waals surface area contributed by atoms with E-state index in [0.29, 0.717) is 11.8 Å². The van der Waals surface area contributed by atoms with E-state index < -0.39 is 5.60 Å². The predicted octanol–water partition coefficient (Wildman–Crippen LogP) is 2.08. The summed E-state index contributed by atoms with van der Waals surface area (Å²) >= 11 is 0. The molecule has 1 aromatic heterocycles. The Hall–Kier alpha value is -0.900. The second kappa shape index (κ2) is 4.41. The SMILES string of the molecule is Cn1ncnc1CC1(O)CCCC(C)(C)CC1. The van der Waals surface area contributed by atoms with E-state index in [1.165, 1.54) is 6.42 Å². The van der Waals surface area contributed by atoms with Crippen LogP contribution in [0.2, 0.25) is 0 Å². The Morgan fingerprint density at radius 3 is 2.71 bits per heavy atom. The zero-order valence-corrected chi connectivity index (χ0v) is 11.1. The van der Waals surface area contributed by atoms with Gasteiger partial charge in [0.25, 0.3) is 0 Å². The smallest absolute Gasteiger partial charge is 0.138 e. The Morgan fingerprint density at radius 1 is 1.29 bits per heavy atom. The summed E-state index contributed by atoms with van der Waals surface area (Å²) in [7, 11) is 1.88. The van der Waals surface area contributed by atoms with Crippen LogP contribution in [0.3, 0.4) is 0 Å². The Bertz CT molecular complexity index is 386. The molecule has 0 aliphatic heterocycles. The fourth-order valence-corrected chi connectivity index (χ4v) is 2.67. The van der Waals surface area contributed by atoms with E-state index in [1.54, 1.807) is 11.0 Å². The van der Waals surface area contributed by atoms with Crippen LogP contribution in [0.5, 0.6) is 0 Å². The van der Waals surface area contributed by atoms with E-state index in [-0.39, 0.29) is 0 Å². The molecule has 0 saturated heterocycles. The van der Waals surface area contributed by atoms with Crippen LogP contribution in [-0.2, 0) is 13.5 Å². The zero-order valence-electron chi connectivity index (χ0n) is 11.1. The van der Waals surface area contributed by atoms with E-state index in [1.807, 2.05) is 7.05 Å². The number of nitrogens with zero attached hydrogens (tertiary/aromatic N) is 3. The number of aromatic nitrogens is 3. The molecule has 4 heteroatoms. The minimum Gasteiger partial charge on any atom is -0.389 e. The zero-order chi connectivity index (χ0) is 12.5. The maximum absolute atomic E-state index is 10.7.